The maximum Gasteiger partial charge on any atom is 0.280 e. The topological polar surface area (TPSA) is 122 Å². The summed E-state index contributed by atoms with van der Waals surface area (Å²) in [7, 11) is 0. The summed E-state index contributed by atoms with van der Waals surface area (Å²) in [4.78, 5) is 12.3. The van der Waals surface area contributed by atoms with Gasteiger partial charge in [0.15, 0.2) is 17.2 Å². The van der Waals surface area contributed by atoms with Crippen molar-refractivity contribution in [1.29, 1.82) is 5.26 Å². The summed E-state index contributed by atoms with van der Waals surface area (Å²) in [6.45, 7) is 1.92. The van der Waals surface area contributed by atoms with E-state index in [4.69, 9.17) is 11.0 Å². The second-order valence-corrected chi connectivity index (χ2v) is 4.66. The van der Waals surface area contributed by atoms with E-state index in [1.165, 1.54) is 10.7 Å². The minimum absolute atomic E-state index is 0.0247. The minimum Gasteiger partial charge on any atom is -0.382 e. The Balaban J connectivity index is 1.98. The number of hydrogen-bond acceptors (Lipinski definition) is 6. The van der Waals surface area contributed by atoms with Gasteiger partial charge in [0, 0.05) is 5.69 Å². The van der Waals surface area contributed by atoms with Gasteiger partial charge in [-0.05, 0) is 24.6 Å². The quantitative estimate of drug-likeness (QED) is 0.730. The van der Waals surface area contributed by atoms with Crippen LogP contribution in [0.4, 0.5) is 11.5 Å². The van der Waals surface area contributed by atoms with Crippen molar-refractivity contribution in [2.24, 2.45) is 0 Å². The Morgan fingerprint density at radius 2 is 2.23 bits per heavy atom. The number of rotatable bonds is 2. The van der Waals surface area contributed by atoms with Gasteiger partial charge < -0.3 is 11.1 Å². The highest BCUT2D eigenvalue weighted by Crippen LogP contribution is 2.16. The Morgan fingerprint density at radius 3 is 2.95 bits per heavy atom. The van der Waals surface area contributed by atoms with Crippen LogP contribution in [0, 0.1) is 18.3 Å². The SMILES string of the molecule is Cc1cccc(NC(=O)c2nnc3c(C#N)cnn3c2N)c1. The molecule has 22 heavy (non-hydrogen) atoms. The van der Waals surface area contributed by atoms with Crippen LogP contribution in [0.15, 0.2) is 30.5 Å². The zero-order valence-corrected chi connectivity index (χ0v) is 11.6. The number of amides is 1. The molecule has 0 saturated carbocycles. The van der Waals surface area contributed by atoms with E-state index >= 15 is 0 Å². The fraction of sp³-hybridized carbons (Fsp3) is 0.0714. The van der Waals surface area contributed by atoms with Gasteiger partial charge in [-0.15, -0.1) is 10.2 Å². The lowest BCUT2D eigenvalue weighted by molar-refractivity contribution is 0.102. The van der Waals surface area contributed by atoms with Crippen LogP contribution < -0.4 is 11.1 Å². The van der Waals surface area contributed by atoms with Gasteiger partial charge in [0.25, 0.3) is 5.91 Å². The Morgan fingerprint density at radius 1 is 1.41 bits per heavy atom. The number of benzene rings is 1. The molecule has 0 spiro atoms. The number of nitriles is 1. The van der Waals surface area contributed by atoms with E-state index in [-0.39, 0.29) is 22.7 Å². The second-order valence-electron chi connectivity index (χ2n) is 4.66. The van der Waals surface area contributed by atoms with E-state index in [1.54, 1.807) is 6.07 Å². The molecule has 1 amide bonds. The monoisotopic (exact) mass is 293 g/mol. The van der Waals surface area contributed by atoms with Crippen molar-refractivity contribution in [1.82, 2.24) is 19.8 Å². The maximum absolute atomic E-state index is 12.3. The molecule has 0 aliphatic carbocycles. The molecule has 0 bridgehead atoms. The van der Waals surface area contributed by atoms with Crippen molar-refractivity contribution in [3.05, 3.63) is 47.3 Å². The number of anilines is 2. The minimum atomic E-state index is -0.494. The standard InChI is InChI=1S/C14H11N7O/c1-8-3-2-4-10(5-8)18-14(22)11-12(16)21-13(20-19-11)9(6-15)7-17-21/h2-5,7H,16H2,1H3,(H,18,22). The molecule has 0 saturated heterocycles. The van der Waals surface area contributed by atoms with Gasteiger partial charge in [-0.3, -0.25) is 4.79 Å². The molecule has 0 atom stereocenters. The summed E-state index contributed by atoms with van der Waals surface area (Å²) in [5, 5.41) is 23.2. The van der Waals surface area contributed by atoms with Crippen LogP contribution in [0.3, 0.4) is 0 Å². The fourth-order valence-electron chi connectivity index (χ4n) is 2.02. The molecule has 0 fully saturated rings. The van der Waals surface area contributed by atoms with Crippen molar-refractivity contribution in [3.8, 4) is 6.07 Å². The highest BCUT2D eigenvalue weighted by atomic mass is 16.2. The molecular weight excluding hydrogens is 282 g/mol. The van der Waals surface area contributed by atoms with Crippen LogP contribution in [-0.4, -0.2) is 25.7 Å². The Labute approximate surface area is 125 Å². The van der Waals surface area contributed by atoms with Gasteiger partial charge in [-0.1, -0.05) is 12.1 Å². The molecule has 3 N–H and O–H groups in total. The van der Waals surface area contributed by atoms with Crippen LogP contribution in [0.2, 0.25) is 0 Å². The van der Waals surface area contributed by atoms with Gasteiger partial charge in [-0.2, -0.15) is 14.9 Å². The molecule has 108 valence electrons. The van der Waals surface area contributed by atoms with Crippen molar-refractivity contribution < 1.29 is 4.79 Å². The smallest absolute Gasteiger partial charge is 0.280 e. The van der Waals surface area contributed by atoms with E-state index in [1.807, 2.05) is 31.2 Å². The van der Waals surface area contributed by atoms with Crippen molar-refractivity contribution >= 4 is 23.1 Å². The van der Waals surface area contributed by atoms with Crippen LogP contribution in [0.5, 0.6) is 0 Å². The highest BCUT2D eigenvalue weighted by molar-refractivity contribution is 6.05. The average molecular weight is 293 g/mol. The number of carbonyl (C=O) groups is 1. The Kier molecular flexibility index (Phi) is 3.16. The molecule has 1 aromatic carbocycles. The number of hydrogen-bond donors (Lipinski definition) is 2. The second kappa shape index (κ2) is 5.14. The third-order valence-corrected chi connectivity index (χ3v) is 3.07. The lowest BCUT2D eigenvalue weighted by atomic mass is 10.2. The molecule has 0 aliphatic heterocycles. The summed E-state index contributed by atoms with van der Waals surface area (Å²) in [5.41, 5.74) is 7.94. The summed E-state index contributed by atoms with van der Waals surface area (Å²) in [6.07, 6.45) is 1.32. The van der Waals surface area contributed by atoms with Crippen molar-refractivity contribution in [2.45, 2.75) is 6.92 Å². The summed E-state index contributed by atoms with van der Waals surface area (Å²) in [5.74, 6) is -0.469. The first-order valence-electron chi connectivity index (χ1n) is 6.38. The van der Waals surface area contributed by atoms with E-state index in [0.29, 0.717) is 5.69 Å². The molecule has 2 aromatic heterocycles. The number of aromatic nitrogens is 4. The number of nitrogens with two attached hydrogens (primary N) is 1. The predicted octanol–water partition coefficient (Wildman–Crippen LogP) is 1.14. The zero-order chi connectivity index (χ0) is 15.7. The fourth-order valence-corrected chi connectivity index (χ4v) is 2.02. The van der Waals surface area contributed by atoms with Gasteiger partial charge in [0.2, 0.25) is 0 Å². The Hall–Kier alpha value is -3.47. The molecule has 8 heteroatoms. The number of nitrogens with zero attached hydrogens (tertiary/aromatic N) is 5. The van der Waals surface area contributed by atoms with Gasteiger partial charge in [-0.25, -0.2) is 0 Å². The molecule has 8 nitrogen and oxygen atoms in total. The number of nitrogens with one attached hydrogen (secondary N) is 1. The molecule has 2 heterocycles. The number of nitrogen functional groups attached to an aromatic ring is 1. The largest absolute Gasteiger partial charge is 0.382 e. The molecular formula is C14H11N7O. The summed E-state index contributed by atoms with van der Waals surface area (Å²) < 4.78 is 1.22. The van der Waals surface area contributed by atoms with Crippen LogP contribution in [0.1, 0.15) is 21.6 Å². The molecule has 0 unspecified atom stereocenters. The highest BCUT2D eigenvalue weighted by Gasteiger charge is 2.18. The van der Waals surface area contributed by atoms with Gasteiger partial charge in [0.1, 0.15) is 11.6 Å². The van der Waals surface area contributed by atoms with E-state index in [0.717, 1.165) is 5.56 Å². The van der Waals surface area contributed by atoms with Gasteiger partial charge >= 0.3 is 0 Å². The average Bonchev–Trinajstić information content (AvgIpc) is 2.91. The Bertz CT molecular complexity index is 923. The van der Waals surface area contributed by atoms with E-state index in [9.17, 15) is 4.79 Å². The van der Waals surface area contributed by atoms with Crippen LogP contribution in [-0.2, 0) is 0 Å². The molecule has 3 rings (SSSR count). The lowest BCUT2D eigenvalue weighted by Crippen LogP contribution is -2.19. The first kappa shape index (κ1) is 13.5. The van der Waals surface area contributed by atoms with Crippen molar-refractivity contribution in [3.63, 3.8) is 0 Å². The molecule has 0 aliphatic rings. The third kappa shape index (κ3) is 2.20. The van der Waals surface area contributed by atoms with Crippen molar-refractivity contribution in [2.75, 3.05) is 11.1 Å². The summed E-state index contributed by atoms with van der Waals surface area (Å²) in [6, 6.07) is 9.26. The van der Waals surface area contributed by atoms with Gasteiger partial charge in [0.05, 0.1) is 6.20 Å². The zero-order valence-electron chi connectivity index (χ0n) is 11.6. The maximum atomic E-state index is 12.3. The summed E-state index contributed by atoms with van der Waals surface area (Å²) >= 11 is 0. The first-order chi connectivity index (χ1) is 10.6. The predicted molar refractivity (Wildman–Crippen MR) is 79.0 cm³/mol. The lowest BCUT2D eigenvalue weighted by Gasteiger charge is -2.07. The number of aryl methyl sites for hydroxylation is 1. The first-order valence-corrected chi connectivity index (χ1v) is 6.38. The van der Waals surface area contributed by atoms with Crippen LogP contribution >= 0.6 is 0 Å². The van der Waals surface area contributed by atoms with Crippen LogP contribution in [0.25, 0.3) is 5.65 Å². The number of fused-ring (bicyclic) bond motifs is 1. The third-order valence-electron chi connectivity index (χ3n) is 3.07. The van der Waals surface area contributed by atoms with E-state index < -0.39 is 5.91 Å². The molecule has 0 radical (unpaired) electrons. The normalized spacial score (nSPS) is 10.4. The molecule has 3 aromatic rings. The number of carbonyl (C=O) groups excluding carboxylic acids is 1. The van der Waals surface area contributed by atoms with E-state index in [2.05, 4.69) is 20.6 Å².